The maximum absolute atomic E-state index is 12.3. The first-order valence-electron chi connectivity index (χ1n) is 7.49. The molecule has 2 aromatic rings. The van der Waals surface area contributed by atoms with Gasteiger partial charge in [-0.3, -0.25) is 4.79 Å². The molecule has 2 aromatic carbocycles. The Morgan fingerprint density at radius 1 is 1.17 bits per heavy atom. The van der Waals surface area contributed by atoms with E-state index in [0.717, 1.165) is 15.8 Å². The highest BCUT2D eigenvalue weighted by Crippen LogP contribution is 2.15. The molecule has 0 saturated heterocycles. The predicted molar refractivity (Wildman–Crippen MR) is 95.4 cm³/mol. The molecule has 1 amide bonds. The standard InChI is InChI=1S/C18H21BrN2O2/c1-21(11-12-23-16-9-7-15(19)8-10-16)18(22)17(20)13-14-5-3-2-4-6-14/h2-10,17H,11-13,20H2,1H3. The van der Waals surface area contributed by atoms with E-state index in [-0.39, 0.29) is 5.91 Å². The summed E-state index contributed by atoms with van der Waals surface area (Å²) in [6.45, 7) is 0.930. The Morgan fingerprint density at radius 3 is 2.48 bits per heavy atom. The van der Waals surface area contributed by atoms with E-state index in [1.54, 1.807) is 11.9 Å². The number of carbonyl (C=O) groups is 1. The molecule has 0 aliphatic rings. The highest BCUT2D eigenvalue weighted by molar-refractivity contribution is 9.10. The number of carbonyl (C=O) groups excluding carboxylic acids is 1. The van der Waals surface area contributed by atoms with Crippen molar-refractivity contribution in [1.29, 1.82) is 0 Å². The fourth-order valence-electron chi connectivity index (χ4n) is 2.18. The molecule has 0 heterocycles. The zero-order valence-electron chi connectivity index (χ0n) is 13.1. The second-order valence-electron chi connectivity index (χ2n) is 5.36. The predicted octanol–water partition coefficient (Wildman–Crippen LogP) is 2.86. The zero-order valence-corrected chi connectivity index (χ0v) is 14.7. The molecular weight excluding hydrogens is 356 g/mol. The van der Waals surface area contributed by atoms with Crippen LogP contribution in [0.3, 0.4) is 0 Å². The first-order valence-corrected chi connectivity index (χ1v) is 8.28. The number of nitrogens with two attached hydrogens (primary N) is 1. The van der Waals surface area contributed by atoms with Gasteiger partial charge in [-0.15, -0.1) is 0 Å². The second kappa shape index (κ2) is 8.70. The normalized spacial score (nSPS) is 11.8. The molecule has 0 aliphatic heterocycles. The summed E-state index contributed by atoms with van der Waals surface area (Å²) < 4.78 is 6.63. The summed E-state index contributed by atoms with van der Waals surface area (Å²) >= 11 is 3.38. The molecule has 0 bridgehead atoms. The molecule has 23 heavy (non-hydrogen) atoms. The minimum absolute atomic E-state index is 0.0757. The van der Waals surface area contributed by atoms with Crippen molar-refractivity contribution in [2.24, 2.45) is 5.73 Å². The molecular formula is C18H21BrN2O2. The van der Waals surface area contributed by atoms with Crippen LogP contribution in [0, 0.1) is 0 Å². The van der Waals surface area contributed by atoms with Gasteiger partial charge in [0.05, 0.1) is 12.6 Å². The molecule has 2 N–H and O–H groups in total. The Balaban J connectivity index is 1.76. The van der Waals surface area contributed by atoms with Crippen molar-refractivity contribution in [2.75, 3.05) is 20.2 Å². The number of amides is 1. The number of benzene rings is 2. The van der Waals surface area contributed by atoms with Crippen LogP contribution in [-0.2, 0) is 11.2 Å². The topological polar surface area (TPSA) is 55.6 Å². The summed E-state index contributed by atoms with van der Waals surface area (Å²) in [5.74, 6) is 0.705. The number of ether oxygens (including phenoxy) is 1. The SMILES string of the molecule is CN(CCOc1ccc(Br)cc1)C(=O)C(N)Cc1ccccc1. The van der Waals surface area contributed by atoms with Gasteiger partial charge in [0.2, 0.25) is 5.91 Å². The summed E-state index contributed by atoms with van der Waals surface area (Å²) in [6, 6.07) is 16.9. The monoisotopic (exact) mass is 376 g/mol. The van der Waals surface area contributed by atoms with Crippen molar-refractivity contribution in [1.82, 2.24) is 4.90 Å². The third-order valence-electron chi connectivity index (χ3n) is 3.50. The Hall–Kier alpha value is -1.85. The third-order valence-corrected chi connectivity index (χ3v) is 4.03. The third kappa shape index (κ3) is 5.69. The van der Waals surface area contributed by atoms with E-state index in [0.29, 0.717) is 19.6 Å². The molecule has 122 valence electrons. The van der Waals surface area contributed by atoms with Gasteiger partial charge in [0.15, 0.2) is 0 Å². The average molecular weight is 377 g/mol. The maximum atomic E-state index is 12.3. The van der Waals surface area contributed by atoms with Crippen LogP contribution >= 0.6 is 15.9 Å². The van der Waals surface area contributed by atoms with Gasteiger partial charge in [-0.25, -0.2) is 0 Å². The van der Waals surface area contributed by atoms with Crippen molar-refractivity contribution in [3.63, 3.8) is 0 Å². The lowest BCUT2D eigenvalue weighted by atomic mass is 10.1. The summed E-state index contributed by atoms with van der Waals surface area (Å²) in [6.07, 6.45) is 0.539. The largest absolute Gasteiger partial charge is 0.492 e. The Kier molecular flexibility index (Phi) is 6.62. The quantitative estimate of drug-likeness (QED) is 0.808. The van der Waals surface area contributed by atoms with Crippen LogP contribution in [0.25, 0.3) is 0 Å². The summed E-state index contributed by atoms with van der Waals surface area (Å²) in [5, 5.41) is 0. The van der Waals surface area contributed by atoms with Crippen LogP contribution in [0.4, 0.5) is 0 Å². The Morgan fingerprint density at radius 2 is 1.83 bits per heavy atom. The van der Waals surface area contributed by atoms with Crippen LogP contribution in [0.2, 0.25) is 0 Å². The van der Waals surface area contributed by atoms with Crippen LogP contribution in [0.15, 0.2) is 59.1 Å². The number of hydrogen-bond donors (Lipinski definition) is 1. The van der Waals surface area contributed by atoms with E-state index in [1.807, 2.05) is 54.6 Å². The van der Waals surface area contributed by atoms with Gasteiger partial charge in [-0.2, -0.15) is 0 Å². The average Bonchev–Trinajstić information content (AvgIpc) is 2.56. The van der Waals surface area contributed by atoms with E-state index in [4.69, 9.17) is 10.5 Å². The van der Waals surface area contributed by atoms with Crippen molar-refractivity contribution >= 4 is 21.8 Å². The van der Waals surface area contributed by atoms with Gasteiger partial charge in [-0.05, 0) is 36.2 Å². The number of nitrogens with zero attached hydrogens (tertiary/aromatic N) is 1. The minimum Gasteiger partial charge on any atom is -0.492 e. The summed E-state index contributed by atoms with van der Waals surface area (Å²) in [5.41, 5.74) is 7.08. The van der Waals surface area contributed by atoms with Gasteiger partial charge in [-0.1, -0.05) is 46.3 Å². The van der Waals surface area contributed by atoms with Gasteiger partial charge in [0.1, 0.15) is 12.4 Å². The number of halogens is 1. The van der Waals surface area contributed by atoms with Crippen molar-refractivity contribution in [3.8, 4) is 5.75 Å². The van der Waals surface area contributed by atoms with E-state index in [9.17, 15) is 4.79 Å². The van der Waals surface area contributed by atoms with E-state index in [2.05, 4.69) is 15.9 Å². The van der Waals surface area contributed by atoms with Gasteiger partial charge >= 0.3 is 0 Å². The summed E-state index contributed by atoms with van der Waals surface area (Å²) in [7, 11) is 1.75. The Labute approximate surface area is 145 Å². The fourth-order valence-corrected chi connectivity index (χ4v) is 2.44. The lowest BCUT2D eigenvalue weighted by molar-refractivity contribution is -0.131. The van der Waals surface area contributed by atoms with Gasteiger partial charge < -0.3 is 15.4 Å². The van der Waals surface area contributed by atoms with Crippen LogP contribution in [0.5, 0.6) is 5.75 Å². The smallest absolute Gasteiger partial charge is 0.239 e. The summed E-state index contributed by atoms with van der Waals surface area (Å²) in [4.78, 5) is 13.9. The van der Waals surface area contributed by atoms with E-state index < -0.39 is 6.04 Å². The fraction of sp³-hybridized carbons (Fsp3) is 0.278. The van der Waals surface area contributed by atoms with Crippen molar-refractivity contribution in [3.05, 3.63) is 64.6 Å². The molecule has 0 saturated carbocycles. The molecule has 1 unspecified atom stereocenters. The second-order valence-corrected chi connectivity index (χ2v) is 6.27. The van der Waals surface area contributed by atoms with Crippen LogP contribution in [0.1, 0.15) is 5.56 Å². The first kappa shape index (κ1) is 17.5. The molecule has 0 spiro atoms. The van der Waals surface area contributed by atoms with E-state index >= 15 is 0 Å². The van der Waals surface area contributed by atoms with Gasteiger partial charge in [0, 0.05) is 11.5 Å². The molecule has 5 heteroatoms. The molecule has 0 aliphatic carbocycles. The number of rotatable bonds is 7. The van der Waals surface area contributed by atoms with Crippen molar-refractivity contribution < 1.29 is 9.53 Å². The molecule has 0 radical (unpaired) electrons. The Bertz CT molecular complexity index is 617. The maximum Gasteiger partial charge on any atom is 0.239 e. The zero-order chi connectivity index (χ0) is 16.7. The number of hydrogen-bond acceptors (Lipinski definition) is 3. The van der Waals surface area contributed by atoms with E-state index in [1.165, 1.54) is 0 Å². The first-order chi connectivity index (χ1) is 11.1. The van der Waals surface area contributed by atoms with Crippen molar-refractivity contribution in [2.45, 2.75) is 12.5 Å². The van der Waals surface area contributed by atoms with Gasteiger partial charge in [0.25, 0.3) is 0 Å². The van der Waals surface area contributed by atoms with Crippen LogP contribution in [-0.4, -0.2) is 37.0 Å². The highest BCUT2D eigenvalue weighted by atomic mass is 79.9. The molecule has 2 rings (SSSR count). The lowest BCUT2D eigenvalue weighted by Gasteiger charge is -2.21. The van der Waals surface area contributed by atoms with Crippen LogP contribution < -0.4 is 10.5 Å². The lowest BCUT2D eigenvalue weighted by Crippen LogP contribution is -2.44. The molecule has 0 fully saturated rings. The molecule has 0 aromatic heterocycles. The highest BCUT2D eigenvalue weighted by Gasteiger charge is 2.18. The number of likely N-dealkylation sites (N-methyl/N-ethyl adjacent to an activating group) is 1. The molecule has 4 nitrogen and oxygen atoms in total. The minimum atomic E-state index is -0.532. The molecule has 1 atom stereocenters.